The van der Waals surface area contributed by atoms with Gasteiger partial charge in [0, 0.05) is 42.5 Å². The molecule has 6 heteroatoms. The molecule has 0 aliphatic heterocycles. The maximum Gasteiger partial charge on any atom is 0.234 e. The zero-order chi connectivity index (χ0) is 12.4. The van der Waals surface area contributed by atoms with Gasteiger partial charge in [-0.3, -0.25) is 9.00 Å². The van der Waals surface area contributed by atoms with Gasteiger partial charge in [0.25, 0.3) is 0 Å². The van der Waals surface area contributed by atoms with Crippen molar-refractivity contribution < 1.29 is 13.7 Å². The van der Waals surface area contributed by atoms with E-state index >= 15 is 0 Å². The molecule has 1 amide bonds. The molecule has 0 heterocycles. The summed E-state index contributed by atoms with van der Waals surface area (Å²) in [4.78, 5) is 11.4. The standard InChI is InChI=1S/C10H22N2O3S/c1-9(4-7-16(3)14)12-10(13)8-11-5-6-15-2/h9,11H,4-8H2,1-3H3,(H,12,13). The molecule has 2 atom stereocenters. The maximum absolute atomic E-state index is 11.4. The van der Waals surface area contributed by atoms with Gasteiger partial charge in [-0.15, -0.1) is 0 Å². The van der Waals surface area contributed by atoms with Gasteiger partial charge in [0.15, 0.2) is 0 Å². The summed E-state index contributed by atoms with van der Waals surface area (Å²) < 4.78 is 15.7. The molecule has 0 aromatic carbocycles. The Hall–Kier alpha value is -0.460. The van der Waals surface area contributed by atoms with Crippen LogP contribution < -0.4 is 10.6 Å². The zero-order valence-electron chi connectivity index (χ0n) is 10.2. The number of rotatable bonds is 9. The minimum absolute atomic E-state index is 0.0366. The fourth-order valence-corrected chi connectivity index (χ4v) is 1.80. The molecule has 0 aromatic rings. The normalized spacial score (nSPS) is 14.4. The summed E-state index contributed by atoms with van der Waals surface area (Å²) in [5.74, 6) is 0.587. The number of ether oxygens (including phenoxy) is 1. The van der Waals surface area contributed by atoms with E-state index in [0.29, 0.717) is 25.4 Å². The molecule has 0 aliphatic rings. The van der Waals surface area contributed by atoms with Crippen LogP contribution >= 0.6 is 0 Å². The van der Waals surface area contributed by atoms with Gasteiger partial charge in [0.1, 0.15) is 0 Å². The van der Waals surface area contributed by atoms with Gasteiger partial charge in [-0.25, -0.2) is 0 Å². The van der Waals surface area contributed by atoms with Crippen molar-refractivity contribution in [2.24, 2.45) is 0 Å². The molecule has 0 aromatic heterocycles. The monoisotopic (exact) mass is 250 g/mol. The van der Waals surface area contributed by atoms with E-state index in [1.54, 1.807) is 13.4 Å². The van der Waals surface area contributed by atoms with E-state index < -0.39 is 10.8 Å². The first kappa shape index (κ1) is 15.5. The van der Waals surface area contributed by atoms with Crippen LogP contribution in [0, 0.1) is 0 Å². The number of amides is 1. The highest BCUT2D eigenvalue weighted by atomic mass is 32.2. The predicted molar refractivity (Wildman–Crippen MR) is 65.9 cm³/mol. The summed E-state index contributed by atoms with van der Waals surface area (Å²) in [7, 11) is 0.827. The van der Waals surface area contributed by atoms with E-state index in [1.807, 2.05) is 6.92 Å². The third-order valence-corrected chi connectivity index (χ3v) is 2.82. The highest BCUT2D eigenvalue weighted by Gasteiger charge is 2.07. The molecular weight excluding hydrogens is 228 g/mol. The van der Waals surface area contributed by atoms with Crippen LogP contribution in [0.25, 0.3) is 0 Å². The zero-order valence-corrected chi connectivity index (χ0v) is 11.1. The molecule has 2 unspecified atom stereocenters. The van der Waals surface area contributed by atoms with Crippen LogP contribution in [0.1, 0.15) is 13.3 Å². The Morgan fingerprint density at radius 1 is 1.50 bits per heavy atom. The number of hydrogen-bond acceptors (Lipinski definition) is 4. The van der Waals surface area contributed by atoms with Crippen LogP contribution in [0.5, 0.6) is 0 Å². The number of hydrogen-bond donors (Lipinski definition) is 2. The van der Waals surface area contributed by atoms with Gasteiger partial charge in [-0.05, 0) is 13.3 Å². The van der Waals surface area contributed by atoms with Crippen LogP contribution in [0.2, 0.25) is 0 Å². The van der Waals surface area contributed by atoms with Crippen molar-refractivity contribution in [1.82, 2.24) is 10.6 Å². The van der Waals surface area contributed by atoms with Crippen molar-refractivity contribution in [2.75, 3.05) is 38.8 Å². The molecular formula is C10H22N2O3S. The lowest BCUT2D eigenvalue weighted by molar-refractivity contribution is -0.120. The minimum atomic E-state index is -0.792. The average Bonchev–Trinajstić information content (AvgIpc) is 2.21. The average molecular weight is 250 g/mol. The quantitative estimate of drug-likeness (QED) is 0.541. The molecule has 0 bridgehead atoms. The van der Waals surface area contributed by atoms with Crippen molar-refractivity contribution in [3.05, 3.63) is 0 Å². The minimum Gasteiger partial charge on any atom is -0.383 e. The number of carbonyl (C=O) groups is 1. The number of carbonyl (C=O) groups excluding carboxylic acids is 1. The van der Waals surface area contributed by atoms with Crippen LogP contribution in [0.3, 0.4) is 0 Å². The van der Waals surface area contributed by atoms with E-state index in [2.05, 4.69) is 10.6 Å². The largest absolute Gasteiger partial charge is 0.383 e. The van der Waals surface area contributed by atoms with Gasteiger partial charge in [0.2, 0.25) is 5.91 Å². The van der Waals surface area contributed by atoms with Crippen LogP contribution in [-0.2, 0) is 20.3 Å². The SMILES string of the molecule is COCCNCC(=O)NC(C)CCS(C)=O. The van der Waals surface area contributed by atoms with Crippen LogP contribution in [0.15, 0.2) is 0 Å². The van der Waals surface area contributed by atoms with Crippen molar-refractivity contribution in [1.29, 1.82) is 0 Å². The number of methoxy groups -OCH3 is 1. The smallest absolute Gasteiger partial charge is 0.234 e. The predicted octanol–water partition coefficient (Wildman–Crippen LogP) is -0.504. The molecule has 0 fully saturated rings. The van der Waals surface area contributed by atoms with Crippen LogP contribution in [-0.4, -0.2) is 55.0 Å². The topological polar surface area (TPSA) is 67.4 Å². The first-order valence-electron chi connectivity index (χ1n) is 5.35. The molecule has 5 nitrogen and oxygen atoms in total. The summed E-state index contributed by atoms with van der Waals surface area (Å²) in [6.07, 6.45) is 2.41. The lowest BCUT2D eigenvalue weighted by atomic mass is 10.2. The van der Waals surface area contributed by atoms with Gasteiger partial charge >= 0.3 is 0 Å². The summed E-state index contributed by atoms with van der Waals surface area (Å²) in [6.45, 7) is 3.47. The Kier molecular flexibility index (Phi) is 9.46. The Labute approximate surface area is 99.8 Å². The molecule has 0 spiro atoms. The van der Waals surface area contributed by atoms with Gasteiger partial charge in [-0.1, -0.05) is 0 Å². The molecule has 0 saturated heterocycles. The molecule has 2 N–H and O–H groups in total. The molecule has 0 radical (unpaired) electrons. The van der Waals surface area contributed by atoms with E-state index in [-0.39, 0.29) is 11.9 Å². The lowest BCUT2D eigenvalue weighted by Crippen LogP contribution is -2.40. The second kappa shape index (κ2) is 9.74. The van der Waals surface area contributed by atoms with Crippen molar-refractivity contribution >= 4 is 16.7 Å². The fraction of sp³-hybridized carbons (Fsp3) is 0.900. The van der Waals surface area contributed by atoms with Crippen molar-refractivity contribution in [3.63, 3.8) is 0 Å². The fourth-order valence-electron chi connectivity index (χ4n) is 1.12. The molecule has 0 aliphatic carbocycles. The second-order valence-corrected chi connectivity index (χ2v) is 5.26. The lowest BCUT2D eigenvalue weighted by Gasteiger charge is -2.13. The molecule has 0 rings (SSSR count). The van der Waals surface area contributed by atoms with Crippen LogP contribution in [0.4, 0.5) is 0 Å². The van der Waals surface area contributed by atoms with E-state index in [4.69, 9.17) is 4.74 Å². The highest BCUT2D eigenvalue weighted by Crippen LogP contribution is 1.92. The first-order valence-corrected chi connectivity index (χ1v) is 7.08. The Morgan fingerprint density at radius 3 is 2.75 bits per heavy atom. The Morgan fingerprint density at radius 2 is 2.19 bits per heavy atom. The molecule has 16 heavy (non-hydrogen) atoms. The first-order chi connectivity index (χ1) is 7.56. The van der Waals surface area contributed by atoms with Gasteiger partial charge < -0.3 is 15.4 Å². The molecule has 96 valence electrons. The Balaban J connectivity index is 3.50. The van der Waals surface area contributed by atoms with E-state index in [0.717, 1.165) is 6.42 Å². The maximum atomic E-state index is 11.4. The van der Waals surface area contributed by atoms with Gasteiger partial charge in [0.05, 0.1) is 13.2 Å². The van der Waals surface area contributed by atoms with E-state index in [1.165, 1.54) is 0 Å². The summed E-state index contributed by atoms with van der Waals surface area (Å²) in [5, 5.41) is 5.79. The summed E-state index contributed by atoms with van der Waals surface area (Å²) in [6, 6.07) is 0.0700. The van der Waals surface area contributed by atoms with Crippen molar-refractivity contribution in [3.8, 4) is 0 Å². The van der Waals surface area contributed by atoms with Crippen molar-refractivity contribution in [2.45, 2.75) is 19.4 Å². The summed E-state index contributed by atoms with van der Waals surface area (Å²) >= 11 is 0. The highest BCUT2D eigenvalue weighted by molar-refractivity contribution is 7.84. The van der Waals surface area contributed by atoms with E-state index in [9.17, 15) is 9.00 Å². The second-order valence-electron chi connectivity index (χ2n) is 3.70. The molecule has 0 saturated carbocycles. The third-order valence-electron chi connectivity index (χ3n) is 2.01. The Bertz CT molecular complexity index is 224. The third kappa shape index (κ3) is 10.1. The number of nitrogens with one attached hydrogen (secondary N) is 2. The summed E-state index contributed by atoms with van der Waals surface area (Å²) in [5.41, 5.74) is 0. The van der Waals surface area contributed by atoms with Gasteiger partial charge in [-0.2, -0.15) is 0 Å².